The van der Waals surface area contributed by atoms with E-state index in [0.29, 0.717) is 25.8 Å². The molecule has 1 aromatic carbocycles. The van der Waals surface area contributed by atoms with Crippen molar-refractivity contribution in [2.75, 3.05) is 19.6 Å². The summed E-state index contributed by atoms with van der Waals surface area (Å²) in [5.41, 5.74) is 4.99. The van der Waals surface area contributed by atoms with Crippen LogP contribution in [0, 0.1) is 18.2 Å². The van der Waals surface area contributed by atoms with Crippen molar-refractivity contribution >= 4 is 21.8 Å². The Morgan fingerprint density at radius 1 is 1.38 bits per heavy atom. The first kappa shape index (κ1) is 20.3. The molecule has 7 nitrogen and oxygen atoms in total. The SMILES string of the molecule is CC[C@]1(C(N)=O)CCCN(C(=O)CNS(=O)(=O)c2ccc(F)cc2C)C1. The number of nitrogens with zero attached hydrogens (tertiary/aromatic N) is 1. The Morgan fingerprint density at radius 3 is 2.65 bits per heavy atom. The summed E-state index contributed by atoms with van der Waals surface area (Å²) in [6.07, 6.45) is 1.77. The van der Waals surface area contributed by atoms with E-state index in [1.807, 2.05) is 6.92 Å². The van der Waals surface area contributed by atoms with Crippen molar-refractivity contribution in [3.63, 3.8) is 0 Å². The predicted molar refractivity (Wildman–Crippen MR) is 94.1 cm³/mol. The molecule has 0 unspecified atom stereocenters. The number of hydrogen-bond donors (Lipinski definition) is 2. The molecular weight excluding hydrogens is 361 g/mol. The van der Waals surface area contributed by atoms with E-state index in [1.54, 1.807) is 0 Å². The van der Waals surface area contributed by atoms with E-state index in [4.69, 9.17) is 5.73 Å². The van der Waals surface area contributed by atoms with Gasteiger partial charge in [0, 0.05) is 13.1 Å². The number of rotatable bonds is 6. The molecule has 1 aliphatic rings. The molecule has 26 heavy (non-hydrogen) atoms. The first-order valence-electron chi connectivity index (χ1n) is 8.45. The summed E-state index contributed by atoms with van der Waals surface area (Å²) in [5, 5.41) is 0. The minimum Gasteiger partial charge on any atom is -0.369 e. The third-order valence-corrected chi connectivity index (χ3v) is 6.53. The third-order valence-electron chi connectivity index (χ3n) is 4.97. The van der Waals surface area contributed by atoms with Crippen LogP contribution in [0.3, 0.4) is 0 Å². The number of nitrogens with one attached hydrogen (secondary N) is 1. The van der Waals surface area contributed by atoms with E-state index < -0.39 is 39.6 Å². The third kappa shape index (κ3) is 4.21. The van der Waals surface area contributed by atoms with E-state index in [2.05, 4.69) is 4.72 Å². The number of nitrogens with two attached hydrogens (primary N) is 1. The monoisotopic (exact) mass is 385 g/mol. The van der Waals surface area contributed by atoms with Crippen molar-refractivity contribution in [1.82, 2.24) is 9.62 Å². The summed E-state index contributed by atoms with van der Waals surface area (Å²) in [4.78, 5) is 25.6. The van der Waals surface area contributed by atoms with Gasteiger partial charge >= 0.3 is 0 Å². The van der Waals surface area contributed by atoms with Gasteiger partial charge in [-0.05, 0) is 49.9 Å². The first-order valence-corrected chi connectivity index (χ1v) is 9.93. The maximum atomic E-state index is 13.2. The van der Waals surface area contributed by atoms with Crippen LogP contribution in [0.5, 0.6) is 0 Å². The highest BCUT2D eigenvalue weighted by molar-refractivity contribution is 7.89. The molecule has 1 heterocycles. The largest absolute Gasteiger partial charge is 0.369 e. The highest BCUT2D eigenvalue weighted by Crippen LogP contribution is 2.33. The zero-order valence-corrected chi connectivity index (χ0v) is 15.7. The number of carbonyl (C=O) groups is 2. The second-order valence-electron chi connectivity index (χ2n) is 6.65. The highest BCUT2D eigenvalue weighted by atomic mass is 32.2. The van der Waals surface area contributed by atoms with Crippen molar-refractivity contribution in [2.24, 2.45) is 11.1 Å². The molecule has 0 saturated carbocycles. The van der Waals surface area contributed by atoms with Crippen LogP contribution >= 0.6 is 0 Å². The zero-order valence-electron chi connectivity index (χ0n) is 14.9. The molecule has 0 radical (unpaired) electrons. The van der Waals surface area contributed by atoms with Gasteiger partial charge in [-0.15, -0.1) is 0 Å². The maximum absolute atomic E-state index is 13.2. The Bertz CT molecular complexity index is 812. The lowest BCUT2D eigenvalue weighted by atomic mass is 9.77. The lowest BCUT2D eigenvalue weighted by Crippen LogP contribution is -2.53. The van der Waals surface area contributed by atoms with E-state index in [9.17, 15) is 22.4 Å². The summed E-state index contributed by atoms with van der Waals surface area (Å²) in [6.45, 7) is 3.53. The number of hydrogen-bond acceptors (Lipinski definition) is 4. The van der Waals surface area contributed by atoms with Crippen LogP contribution in [0.15, 0.2) is 23.1 Å². The van der Waals surface area contributed by atoms with Gasteiger partial charge in [-0.25, -0.2) is 17.5 Å². The second-order valence-corrected chi connectivity index (χ2v) is 8.39. The van der Waals surface area contributed by atoms with Gasteiger partial charge in [-0.2, -0.15) is 0 Å². The Hall–Kier alpha value is -2.00. The topological polar surface area (TPSA) is 110 Å². The van der Waals surface area contributed by atoms with E-state index in [-0.39, 0.29) is 17.0 Å². The van der Waals surface area contributed by atoms with E-state index >= 15 is 0 Å². The number of halogens is 1. The van der Waals surface area contributed by atoms with Crippen molar-refractivity contribution < 1.29 is 22.4 Å². The molecule has 1 fully saturated rings. The molecule has 3 N–H and O–H groups in total. The minimum atomic E-state index is -3.95. The van der Waals surface area contributed by atoms with Gasteiger partial charge in [0.25, 0.3) is 0 Å². The fraction of sp³-hybridized carbons (Fsp3) is 0.529. The molecule has 144 valence electrons. The molecule has 0 bridgehead atoms. The molecular formula is C17H24FN3O4S. The van der Waals surface area contributed by atoms with Crippen molar-refractivity contribution in [3.05, 3.63) is 29.6 Å². The van der Waals surface area contributed by atoms with E-state index in [1.165, 1.54) is 11.8 Å². The summed E-state index contributed by atoms with van der Waals surface area (Å²) in [5.74, 6) is -1.40. The fourth-order valence-electron chi connectivity index (χ4n) is 3.27. The molecule has 1 aliphatic heterocycles. The van der Waals surface area contributed by atoms with Crippen LogP contribution in [0.1, 0.15) is 31.7 Å². The molecule has 0 spiro atoms. The van der Waals surface area contributed by atoms with Crippen LogP contribution in [0.25, 0.3) is 0 Å². The van der Waals surface area contributed by atoms with Gasteiger partial charge in [-0.3, -0.25) is 9.59 Å². The number of primary amides is 1. The number of likely N-dealkylation sites (tertiary alicyclic amines) is 1. The van der Waals surface area contributed by atoms with Gasteiger partial charge < -0.3 is 10.6 Å². The highest BCUT2D eigenvalue weighted by Gasteiger charge is 2.40. The van der Waals surface area contributed by atoms with Gasteiger partial charge in [-0.1, -0.05) is 6.92 Å². The van der Waals surface area contributed by atoms with Gasteiger partial charge in [0.15, 0.2) is 0 Å². The fourth-order valence-corrected chi connectivity index (χ4v) is 4.47. The summed E-state index contributed by atoms with van der Waals surface area (Å²) in [6, 6.07) is 3.33. The summed E-state index contributed by atoms with van der Waals surface area (Å²) >= 11 is 0. The smallest absolute Gasteiger partial charge is 0.241 e. The van der Waals surface area contributed by atoms with Crippen molar-refractivity contribution in [1.29, 1.82) is 0 Å². The number of carbonyl (C=O) groups excluding carboxylic acids is 2. The molecule has 0 aromatic heterocycles. The summed E-state index contributed by atoms with van der Waals surface area (Å²) < 4.78 is 40.1. The zero-order chi connectivity index (χ0) is 19.5. The average molecular weight is 385 g/mol. The minimum absolute atomic E-state index is 0.0783. The van der Waals surface area contributed by atoms with E-state index in [0.717, 1.165) is 18.2 Å². The van der Waals surface area contributed by atoms with Crippen LogP contribution in [-0.4, -0.2) is 44.8 Å². The Kier molecular flexibility index (Phi) is 6.02. The predicted octanol–water partition coefficient (Wildman–Crippen LogP) is 0.917. The molecule has 2 amide bonds. The molecule has 1 aromatic rings. The number of benzene rings is 1. The average Bonchev–Trinajstić information content (AvgIpc) is 2.59. The number of sulfonamides is 1. The maximum Gasteiger partial charge on any atom is 0.241 e. The lowest BCUT2D eigenvalue weighted by Gasteiger charge is -2.40. The van der Waals surface area contributed by atoms with Crippen molar-refractivity contribution in [2.45, 2.75) is 38.0 Å². The molecule has 0 aliphatic carbocycles. The Morgan fingerprint density at radius 2 is 2.08 bits per heavy atom. The Labute approximate surface area is 152 Å². The number of aryl methyl sites for hydroxylation is 1. The van der Waals surface area contributed by atoms with Crippen LogP contribution in [0.2, 0.25) is 0 Å². The van der Waals surface area contributed by atoms with Crippen LogP contribution in [0.4, 0.5) is 4.39 Å². The number of piperidine rings is 1. The van der Waals surface area contributed by atoms with Gasteiger partial charge in [0.1, 0.15) is 5.82 Å². The van der Waals surface area contributed by atoms with Gasteiger partial charge in [0.05, 0.1) is 16.9 Å². The van der Waals surface area contributed by atoms with Crippen LogP contribution < -0.4 is 10.5 Å². The summed E-state index contributed by atoms with van der Waals surface area (Å²) in [7, 11) is -3.95. The standard InChI is InChI=1S/C17H24FN3O4S/c1-3-17(16(19)23)7-4-8-21(11-17)15(22)10-20-26(24,25)14-6-5-13(18)9-12(14)2/h5-6,9,20H,3-4,7-8,10-11H2,1-2H3,(H2,19,23)/t17-/m0/s1. The van der Waals surface area contributed by atoms with Gasteiger partial charge in [0.2, 0.25) is 21.8 Å². The molecule has 2 rings (SSSR count). The van der Waals surface area contributed by atoms with Crippen LogP contribution in [-0.2, 0) is 19.6 Å². The first-order chi connectivity index (χ1) is 12.1. The lowest BCUT2D eigenvalue weighted by molar-refractivity contribution is -0.139. The Balaban J connectivity index is 2.07. The molecule has 1 saturated heterocycles. The molecule has 9 heteroatoms. The second kappa shape index (κ2) is 7.71. The normalized spacial score (nSPS) is 20.8. The molecule has 1 atom stereocenters. The number of amides is 2. The van der Waals surface area contributed by atoms with Crippen molar-refractivity contribution in [3.8, 4) is 0 Å². The quantitative estimate of drug-likeness (QED) is 0.759.